The van der Waals surface area contributed by atoms with E-state index in [0.29, 0.717) is 0 Å². The number of likely N-dealkylation sites (tertiary alicyclic amines) is 1. The van der Waals surface area contributed by atoms with Crippen LogP contribution in [-0.2, 0) is 21.8 Å². The first-order valence-corrected chi connectivity index (χ1v) is 11.6. The van der Waals surface area contributed by atoms with Crippen LogP contribution in [0.4, 0.5) is 19.3 Å². The largest absolute Gasteiger partial charge is 0.489 e. The molecule has 2 atom stereocenters. The number of anilines is 1. The molecular formula is C20H22F2N4O6S. The number of carbonyl (C=O) groups is 2. The molecule has 1 saturated heterocycles. The summed E-state index contributed by atoms with van der Waals surface area (Å²) in [5.41, 5.74) is -0.125. The first-order valence-electron chi connectivity index (χ1n) is 10.1. The molecule has 2 N–H and O–H groups in total. The summed E-state index contributed by atoms with van der Waals surface area (Å²) in [5, 5.41) is 2.42. The highest BCUT2D eigenvalue weighted by atomic mass is 32.2. The summed E-state index contributed by atoms with van der Waals surface area (Å²) < 4.78 is 67.5. The number of nitrogens with one attached hydrogen (secondary N) is 2. The minimum Gasteiger partial charge on any atom is -0.489 e. The number of aryl methyl sites for hydroxylation is 1. The normalized spacial score (nSPS) is 21.3. The van der Waals surface area contributed by atoms with Gasteiger partial charge in [-0.3, -0.25) is 4.79 Å². The van der Waals surface area contributed by atoms with E-state index in [-0.39, 0.29) is 54.2 Å². The zero-order valence-electron chi connectivity index (χ0n) is 17.8. The van der Waals surface area contributed by atoms with Crippen molar-refractivity contribution in [3.8, 4) is 5.75 Å². The van der Waals surface area contributed by atoms with Crippen LogP contribution in [0.15, 0.2) is 29.3 Å². The Morgan fingerprint density at radius 3 is 2.73 bits per heavy atom. The van der Waals surface area contributed by atoms with Crippen LogP contribution in [0.5, 0.6) is 5.75 Å². The molecule has 3 heterocycles. The lowest BCUT2D eigenvalue weighted by molar-refractivity contribution is 0.101. The Morgan fingerprint density at radius 1 is 1.27 bits per heavy atom. The summed E-state index contributed by atoms with van der Waals surface area (Å²) in [6.45, 7) is 2.23. The van der Waals surface area contributed by atoms with E-state index in [9.17, 15) is 26.8 Å². The Hall–Kier alpha value is -3.19. The number of benzene rings is 1. The van der Waals surface area contributed by atoms with Crippen molar-refractivity contribution in [1.82, 2.24) is 14.2 Å². The second-order valence-electron chi connectivity index (χ2n) is 7.77. The molecule has 0 bridgehead atoms. The number of halogens is 2. The fraction of sp³-hybridized carbons (Fsp3) is 0.400. The molecule has 1 fully saturated rings. The molecule has 33 heavy (non-hydrogen) atoms. The maximum Gasteiger partial charge on any atom is 0.409 e. The lowest BCUT2D eigenvalue weighted by atomic mass is 10.1. The predicted molar refractivity (Wildman–Crippen MR) is 111 cm³/mol. The van der Waals surface area contributed by atoms with Crippen molar-refractivity contribution in [1.29, 1.82) is 0 Å². The van der Waals surface area contributed by atoms with Crippen LogP contribution in [0.2, 0.25) is 0 Å². The fourth-order valence-electron chi connectivity index (χ4n) is 3.92. The molecule has 2 unspecified atom stereocenters. The number of nitrogens with zero attached hydrogens (tertiary/aromatic N) is 2. The number of fused-ring (bicyclic) bond motifs is 2. The third-order valence-corrected chi connectivity index (χ3v) is 6.98. The van der Waals surface area contributed by atoms with E-state index in [0.717, 1.165) is 12.1 Å². The van der Waals surface area contributed by atoms with Gasteiger partial charge in [0, 0.05) is 50.0 Å². The molecule has 1 aromatic heterocycles. The number of aromatic nitrogens is 1. The zero-order chi connectivity index (χ0) is 23.9. The first-order chi connectivity index (χ1) is 15.6. The quantitative estimate of drug-likeness (QED) is 0.684. The van der Waals surface area contributed by atoms with Gasteiger partial charge in [0.15, 0.2) is 23.1 Å². The summed E-state index contributed by atoms with van der Waals surface area (Å²) >= 11 is 0. The molecule has 0 aliphatic carbocycles. The van der Waals surface area contributed by atoms with Crippen molar-refractivity contribution in [2.75, 3.05) is 31.6 Å². The fourth-order valence-corrected chi connectivity index (χ4v) is 5.41. The van der Waals surface area contributed by atoms with Gasteiger partial charge in [0.1, 0.15) is 4.90 Å². The average molecular weight is 484 g/mol. The van der Waals surface area contributed by atoms with Gasteiger partial charge in [-0.25, -0.2) is 26.7 Å². The Balaban J connectivity index is 1.62. The molecule has 0 saturated carbocycles. The number of amides is 2. The lowest BCUT2D eigenvalue weighted by Crippen LogP contribution is -2.43. The second-order valence-corrected chi connectivity index (χ2v) is 9.45. The third-order valence-electron chi connectivity index (χ3n) is 5.50. The summed E-state index contributed by atoms with van der Waals surface area (Å²) in [6, 6.07) is 2.26. The Labute approximate surface area is 188 Å². The van der Waals surface area contributed by atoms with Gasteiger partial charge in [-0.2, -0.15) is 0 Å². The molecule has 2 aromatic rings. The molecule has 1 aromatic carbocycles. The van der Waals surface area contributed by atoms with Crippen LogP contribution in [0.25, 0.3) is 0 Å². The molecule has 0 spiro atoms. The van der Waals surface area contributed by atoms with E-state index in [1.807, 2.05) is 0 Å². The van der Waals surface area contributed by atoms with Gasteiger partial charge in [0.2, 0.25) is 10.0 Å². The van der Waals surface area contributed by atoms with Gasteiger partial charge in [-0.1, -0.05) is 0 Å². The number of hydrogen-bond acceptors (Lipinski definition) is 6. The second kappa shape index (κ2) is 8.63. The van der Waals surface area contributed by atoms with Crippen molar-refractivity contribution < 1.29 is 36.3 Å². The van der Waals surface area contributed by atoms with Crippen LogP contribution in [-0.4, -0.2) is 62.2 Å². The standard InChI is InChI=1S/C20H22F2N4O6S/c1-3-31-20(28)26-7-11-10-32-18-16(33(29,30)24-15(11)8-26)9-25(2)17(18)19(27)23-12-4-5-13(21)14(22)6-12/h4-6,9,11,15,24H,3,7-8,10H2,1-2H3,(H,23,27). The van der Waals surface area contributed by atoms with E-state index in [4.69, 9.17) is 9.47 Å². The van der Waals surface area contributed by atoms with Crippen molar-refractivity contribution in [2.24, 2.45) is 13.0 Å². The maximum absolute atomic E-state index is 13.5. The highest BCUT2D eigenvalue weighted by Crippen LogP contribution is 2.34. The zero-order valence-corrected chi connectivity index (χ0v) is 18.6. The van der Waals surface area contributed by atoms with E-state index < -0.39 is 39.7 Å². The average Bonchev–Trinajstić information content (AvgIpc) is 3.29. The van der Waals surface area contributed by atoms with Crippen LogP contribution < -0.4 is 14.8 Å². The minimum absolute atomic E-state index is 0.0124. The first kappa shape index (κ1) is 23.0. The summed E-state index contributed by atoms with van der Waals surface area (Å²) in [6.07, 6.45) is 0.685. The molecule has 2 aliphatic rings. The Morgan fingerprint density at radius 2 is 2.03 bits per heavy atom. The molecule has 2 aliphatic heterocycles. The van der Waals surface area contributed by atoms with E-state index >= 15 is 0 Å². The van der Waals surface area contributed by atoms with Gasteiger partial charge in [0.05, 0.1) is 13.2 Å². The van der Waals surface area contributed by atoms with E-state index in [1.165, 1.54) is 28.8 Å². The summed E-state index contributed by atoms with van der Waals surface area (Å²) in [5.74, 6) is -3.52. The molecule has 2 amide bonds. The summed E-state index contributed by atoms with van der Waals surface area (Å²) in [7, 11) is -2.64. The van der Waals surface area contributed by atoms with Gasteiger partial charge >= 0.3 is 6.09 Å². The molecule has 0 radical (unpaired) electrons. The molecular weight excluding hydrogens is 462 g/mol. The smallest absolute Gasteiger partial charge is 0.409 e. The number of sulfonamides is 1. The van der Waals surface area contributed by atoms with Crippen LogP contribution in [0.3, 0.4) is 0 Å². The lowest BCUT2D eigenvalue weighted by Gasteiger charge is -2.23. The summed E-state index contributed by atoms with van der Waals surface area (Å²) in [4.78, 5) is 26.1. The highest BCUT2D eigenvalue weighted by molar-refractivity contribution is 7.89. The van der Waals surface area contributed by atoms with Gasteiger partial charge < -0.3 is 24.3 Å². The molecule has 10 nitrogen and oxygen atoms in total. The van der Waals surface area contributed by atoms with Crippen molar-refractivity contribution in [3.05, 3.63) is 41.7 Å². The van der Waals surface area contributed by atoms with Gasteiger partial charge in [0.25, 0.3) is 5.91 Å². The van der Waals surface area contributed by atoms with Crippen LogP contribution in [0, 0.1) is 17.6 Å². The van der Waals surface area contributed by atoms with Gasteiger partial charge in [-0.15, -0.1) is 0 Å². The van der Waals surface area contributed by atoms with E-state index in [2.05, 4.69) is 10.0 Å². The highest BCUT2D eigenvalue weighted by Gasteiger charge is 2.42. The topological polar surface area (TPSA) is 119 Å². The Kier molecular flexibility index (Phi) is 6.01. The van der Waals surface area contributed by atoms with Gasteiger partial charge in [-0.05, 0) is 19.1 Å². The van der Waals surface area contributed by atoms with Crippen molar-refractivity contribution in [2.45, 2.75) is 17.9 Å². The number of carbonyl (C=O) groups excluding carboxylic acids is 2. The SMILES string of the molecule is CCOC(=O)N1CC2COc3c(cn(C)c3C(=O)Nc3ccc(F)c(F)c3)S(=O)(=O)NC2C1. The number of ether oxygens (including phenoxy) is 2. The minimum atomic E-state index is -4.10. The molecule has 13 heteroatoms. The third kappa shape index (κ3) is 4.37. The molecule has 178 valence electrons. The van der Waals surface area contributed by atoms with E-state index in [1.54, 1.807) is 6.92 Å². The maximum atomic E-state index is 13.5. The number of hydrogen-bond donors (Lipinski definition) is 2. The van der Waals surface area contributed by atoms with Crippen molar-refractivity contribution >= 4 is 27.7 Å². The Bertz CT molecular complexity index is 1220. The number of rotatable bonds is 3. The van der Waals surface area contributed by atoms with Crippen LogP contribution in [0.1, 0.15) is 17.4 Å². The monoisotopic (exact) mass is 484 g/mol. The van der Waals surface area contributed by atoms with Crippen molar-refractivity contribution in [3.63, 3.8) is 0 Å². The molecule has 4 rings (SSSR count). The van der Waals surface area contributed by atoms with Crippen LogP contribution >= 0.6 is 0 Å². The predicted octanol–water partition coefficient (Wildman–Crippen LogP) is 1.68.